The van der Waals surface area contributed by atoms with Gasteiger partial charge in [-0.05, 0) is 42.5 Å². The molecule has 0 unspecified atom stereocenters. The van der Waals surface area contributed by atoms with Gasteiger partial charge in [0.15, 0.2) is 0 Å². The second-order valence-electron chi connectivity index (χ2n) is 5.68. The normalized spacial score (nSPS) is 19.0. The molecule has 1 saturated heterocycles. The van der Waals surface area contributed by atoms with Crippen LogP contribution in [-0.2, 0) is 10.0 Å². The number of thiophene rings is 1. The molecule has 2 heterocycles. The van der Waals surface area contributed by atoms with Crippen molar-refractivity contribution in [1.29, 1.82) is 0 Å². The van der Waals surface area contributed by atoms with Crippen LogP contribution in [0.25, 0.3) is 0 Å². The average molecular weight is 331 g/mol. The highest BCUT2D eigenvalue weighted by Gasteiger charge is 2.42. The predicted molar refractivity (Wildman–Crippen MR) is 82.4 cm³/mol. The summed E-state index contributed by atoms with van der Waals surface area (Å²) >= 11 is 0.976. The summed E-state index contributed by atoms with van der Waals surface area (Å²) in [6.45, 7) is 6.77. The second-order valence-corrected chi connectivity index (χ2v) is 8.43. The Kier molecular flexibility index (Phi) is 4.46. The molecule has 7 heteroatoms. The van der Waals surface area contributed by atoms with Gasteiger partial charge in [0, 0.05) is 13.1 Å². The summed E-state index contributed by atoms with van der Waals surface area (Å²) in [4.78, 5) is 11.2. The second kappa shape index (κ2) is 5.70. The van der Waals surface area contributed by atoms with Crippen LogP contribution in [-0.4, -0.2) is 36.9 Å². The van der Waals surface area contributed by atoms with E-state index in [4.69, 9.17) is 0 Å². The molecule has 1 N–H and O–H groups in total. The standard InChI is InChI=1S/C14H21NO4S2/c1-4-14(5-2)6-7-15(9-14)21(18,19)12-10(3)8-20-11(12)13(16)17/h8H,4-7,9H2,1-3H3,(H,16,17). The molecule has 1 aromatic rings. The molecular formula is C14H21NO4S2. The molecule has 0 aromatic carbocycles. The largest absolute Gasteiger partial charge is 0.477 e. The average Bonchev–Trinajstić information content (AvgIpc) is 3.03. The Hall–Kier alpha value is -0.920. The third-order valence-electron chi connectivity index (χ3n) is 4.61. The fraction of sp³-hybridized carbons (Fsp3) is 0.643. The highest BCUT2D eigenvalue weighted by molar-refractivity contribution is 7.89. The molecule has 0 spiro atoms. The third kappa shape index (κ3) is 2.74. The van der Waals surface area contributed by atoms with E-state index in [0.29, 0.717) is 18.7 Å². The maximum atomic E-state index is 12.8. The minimum Gasteiger partial charge on any atom is -0.477 e. The van der Waals surface area contributed by atoms with Crippen LogP contribution in [0.2, 0.25) is 0 Å². The van der Waals surface area contributed by atoms with Gasteiger partial charge in [-0.3, -0.25) is 0 Å². The molecule has 0 radical (unpaired) electrons. The van der Waals surface area contributed by atoms with Crippen LogP contribution in [0.15, 0.2) is 10.3 Å². The molecule has 0 aliphatic carbocycles. The Morgan fingerprint density at radius 2 is 2.05 bits per heavy atom. The van der Waals surface area contributed by atoms with E-state index in [-0.39, 0.29) is 15.2 Å². The minimum absolute atomic E-state index is 0.0250. The van der Waals surface area contributed by atoms with Crippen molar-refractivity contribution in [3.8, 4) is 0 Å². The molecule has 1 aliphatic rings. The highest BCUT2D eigenvalue weighted by atomic mass is 32.2. The maximum Gasteiger partial charge on any atom is 0.347 e. The van der Waals surface area contributed by atoms with Crippen molar-refractivity contribution in [2.45, 2.75) is 44.9 Å². The molecule has 0 saturated carbocycles. The zero-order valence-corrected chi connectivity index (χ0v) is 14.2. The molecule has 2 rings (SSSR count). The first-order valence-corrected chi connectivity index (χ1v) is 9.41. The lowest BCUT2D eigenvalue weighted by molar-refractivity contribution is 0.0698. The number of aryl methyl sites for hydroxylation is 1. The van der Waals surface area contributed by atoms with E-state index in [1.54, 1.807) is 12.3 Å². The number of carbonyl (C=O) groups is 1. The lowest BCUT2D eigenvalue weighted by Crippen LogP contribution is -2.32. The first kappa shape index (κ1) is 16.5. The van der Waals surface area contributed by atoms with Crippen molar-refractivity contribution >= 4 is 27.3 Å². The van der Waals surface area contributed by atoms with E-state index in [0.717, 1.165) is 30.6 Å². The fourth-order valence-corrected chi connectivity index (χ4v) is 6.09. The quantitative estimate of drug-likeness (QED) is 0.900. The van der Waals surface area contributed by atoms with E-state index in [9.17, 15) is 18.3 Å². The van der Waals surface area contributed by atoms with Gasteiger partial charge in [0.1, 0.15) is 9.77 Å². The summed E-state index contributed by atoms with van der Waals surface area (Å²) < 4.78 is 27.1. The van der Waals surface area contributed by atoms with Gasteiger partial charge >= 0.3 is 5.97 Å². The monoisotopic (exact) mass is 331 g/mol. The van der Waals surface area contributed by atoms with Crippen LogP contribution in [0.5, 0.6) is 0 Å². The fourth-order valence-electron chi connectivity index (χ4n) is 2.96. The topological polar surface area (TPSA) is 74.7 Å². The van der Waals surface area contributed by atoms with Crippen molar-refractivity contribution < 1.29 is 18.3 Å². The zero-order valence-electron chi connectivity index (χ0n) is 12.5. The summed E-state index contributed by atoms with van der Waals surface area (Å²) in [5, 5.41) is 10.8. The first-order chi connectivity index (χ1) is 9.77. The van der Waals surface area contributed by atoms with Gasteiger partial charge in [-0.15, -0.1) is 11.3 Å². The number of sulfonamides is 1. The predicted octanol–water partition coefficient (Wildman–Crippen LogP) is 2.96. The Balaban J connectivity index is 2.41. The summed E-state index contributed by atoms with van der Waals surface area (Å²) in [5.74, 6) is -1.18. The van der Waals surface area contributed by atoms with Gasteiger partial charge in [0.2, 0.25) is 10.0 Å². The Morgan fingerprint density at radius 3 is 2.52 bits per heavy atom. The van der Waals surface area contributed by atoms with Gasteiger partial charge in [-0.25, -0.2) is 13.2 Å². The Morgan fingerprint density at radius 1 is 1.43 bits per heavy atom. The molecule has 0 atom stereocenters. The van der Waals surface area contributed by atoms with Crippen LogP contribution >= 0.6 is 11.3 Å². The van der Waals surface area contributed by atoms with Gasteiger partial charge in [0.25, 0.3) is 0 Å². The molecule has 0 amide bonds. The summed E-state index contributed by atoms with van der Waals surface area (Å²) in [5.41, 5.74) is 0.545. The number of hydrogen-bond acceptors (Lipinski definition) is 4. The Labute approximate surface area is 129 Å². The molecular weight excluding hydrogens is 310 g/mol. The number of carboxylic acids is 1. The molecule has 0 bridgehead atoms. The molecule has 1 fully saturated rings. The van der Waals surface area contributed by atoms with Crippen LogP contribution in [0, 0.1) is 12.3 Å². The van der Waals surface area contributed by atoms with Crippen LogP contribution < -0.4 is 0 Å². The smallest absolute Gasteiger partial charge is 0.347 e. The number of rotatable bonds is 5. The van der Waals surface area contributed by atoms with E-state index >= 15 is 0 Å². The van der Waals surface area contributed by atoms with Crippen molar-refractivity contribution in [2.75, 3.05) is 13.1 Å². The van der Waals surface area contributed by atoms with Crippen LogP contribution in [0.4, 0.5) is 0 Å². The molecule has 21 heavy (non-hydrogen) atoms. The maximum absolute atomic E-state index is 12.8. The molecule has 1 aromatic heterocycles. The zero-order chi connectivity index (χ0) is 15.8. The summed E-state index contributed by atoms with van der Waals surface area (Å²) in [6.07, 6.45) is 2.71. The van der Waals surface area contributed by atoms with E-state index in [1.807, 2.05) is 0 Å². The number of aromatic carboxylic acids is 1. The van der Waals surface area contributed by atoms with Crippen molar-refractivity contribution in [1.82, 2.24) is 4.31 Å². The van der Waals surface area contributed by atoms with Crippen LogP contribution in [0.1, 0.15) is 48.3 Å². The lowest BCUT2D eigenvalue weighted by atomic mass is 9.82. The SMILES string of the molecule is CCC1(CC)CCN(S(=O)(=O)c2c(C)csc2C(=O)O)C1. The third-order valence-corrected chi connectivity index (χ3v) is 7.86. The highest BCUT2D eigenvalue weighted by Crippen LogP contribution is 2.40. The number of carboxylic acid groups (broad SMARTS) is 1. The van der Waals surface area contributed by atoms with Crippen molar-refractivity contribution in [2.24, 2.45) is 5.41 Å². The van der Waals surface area contributed by atoms with Crippen molar-refractivity contribution in [3.63, 3.8) is 0 Å². The van der Waals surface area contributed by atoms with Crippen molar-refractivity contribution in [3.05, 3.63) is 15.8 Å². The van der Waals surface area contributed by atoms with E-state index < -0.39 is 16.0 Å². The minimum atomic E-state index is -3.73. The van der Waals surface area contributed by atoms with Crippen LogP contribution in [0.3, 0.4) is 0 Å². The number of nitrogens with zero attached hydrogens (tertiary/aromatic N) is 1. The van der Waals surface area contributed by atoms with Gasteiger partial charge in [-0.1, -0.05) is 13.8 Å². The molecule has 1 aliphatic heterocycles. The van der Waals surface area contributed by atoms with E-state index in [1.165, 1.54) is 4.31 Å². The van der Waals surface area contributed by atoms with Gasteiger partial charge in [0.05, 0.1) is 0 Å². The molecule has 118 valence electrons. The van der Waals surface area contributed by atoms with Gasteiger partial charge < -0.3 is 5.11 Å². The number of hydrogen-bond donors (Lipinski definition) is 1. The summed E-state index contributed by atoms with van der Waals surface area (Å²) in [6, 6.07) is 0. The molecule has 5 nitrogen and oxygen atoms in total. The Bertz CT molecular complexity index is 644. The first-order valence-electron chi connectivity index (χ1n) is 7.09. The van der Waals surface area contributed by atoms with Gasteiger partial charge in [-0.2, -0.15) is 4.31 Å². The summed E-state index contributed by atoms with van der Waals surface area (Å²) in [7, 11) is -3.73. The van der Waals surface area contributed by atoms with E-state index in [2.05, 4.69) is 13.8 Å². The lowest BCUT2D eigenvalue weighted by Gasteiger charge is -2.26.